The van der Waals surface area contributed by atoms with E-state index < -0.39 is 0 Å². The molecule has 0 fully saturated rings. The summed E-state index contributed by atoms with van der Waals surface area (Å²) in [7, 11) is 0. The van der Waals surface area contributed by atoms with E-state index in [1.54, 1.807) is 12.1 Å². The Balaban J connectivity index is 3.25. The molecular weight excluding hydrogens is 198 g/mol. The maximum atomic E-state index is 8.86. The summed E-state index contributed by atoms with van der Waals surface area (Å²) >= 11 is 0. The van der Waals surface area contributed by atoms with Crippen molar-refractivity contribution < 1.29 is 0 Å². The van der Waals surface area contributed by atoms with Crippen molar-refractivity contribution in [3.05, 3.63) is 29.1 Å². The lowest BCUT2D eigenvalue weighted by Crippen LogP contribution is -2.17. The van der Waals surface area contributed by atoms with E-state index in [-0.39, 0.29) is 5.41 Å². The normalized spacial score (nSPS) is 10.6. The van der Waals surface area contributed by atoms with Crippen LogP contribution in [0.25, 0.3) is 0 Å². The smallest absolute Gasteiger partial charge is 0.142 e. The summed E-state index contributed by atoms with van der Waals surface area (Å²) in [6.45, 7) is 6.36. The monoisotopic (exact) mass is 213 g/mol. The van der Waals surface area contributed by atoms with Crippen LogP contribution in [-0.4, -0.2) is 4.98 Å². The highest BCUT2D eigenvalue weighted by atomic mass is 14.7. The van der Waals surface area contributed by atoms with Gasteiger partial charge in [-0.3, -0.25) is 0 Å². The minimum Gasteiger partial charge on any atom is -0.226 e. The lowest BCUT2D eigenvalue weighted by atomic mass is 9.80. The molecule has 3 nitrogen and oxygen atoms in total. The van der Waals surface area contributed by atoms with E-state index in [0.29, 0.717) is 11.4 Å². The van der Waals surface area contributed by atoms with Crippen molar-refractivity contribution in [2.24, 2.45) is 0 Å². The molecular formula is C13H15N3. The Hall–Kier alpha value is -1.87. The predicted octanol–water partition coefficient (Wildman–Crippen LogP) is 2.90. The van der Waals surface area contributed by atoms with Gasteiger partial charge in [-0.2, -0.15) is 10.5 Å². The molecule has 3 heteroatoms. The van der Waals surface area contributed by atoms with Crippen molar-refractivity contribution in [1.29, 1.82) is 10.5 Å². The zero-order valence-electron chi connectivity index (χ0n) is 9.91. The van der Waals surface area contributed by atoms with Gasteiger partial charge < -0.3 is 0 Å². The van der Waals surface area contributed by atoms with E-state index in [0.717, 1.165) is 18.4 Å². The molecule has 1 heterocycles. The van der Waals surface area contributed by atoms with E-state index in [2.05, 4.69) is 25.8 Å². The standard InChI is InChI=1S/C13H15N3/c1-4-5-13(2,3)10-6-11(8-14)16-12(7-10)9-15/h6-7H,4-5H2,1-3H3. The quantitative estimate of drug-likeness (QED) is 0.775. The highest BCUT2D eigenvalue weighted by Crippen LogP contribution is 2.28. The summed E-state index contributed by atoms with van der Waals surface area (Å²) in [5.41, 5.74) is 1.63. The van der Waals surface area contributed by atoms with Gasteiger partial charge in [-0.25, -0.2) is 4.98 Å². The van der Waals surface area contributed by atoms with Crippen molar-refractivity contribution in [3.63, 3.8) is 0 Å². The van der Waals surface area contributed by atoms with E-state index in [4.69, 9.17) is 10.5 Å². The molecule has 0 saturated heterocycles. The second-order valence-electron chi connectivity index (χ2n) is 4.48. The number of rotatable bonds is 3. The van der Waals surface area contributed by atoms with Crippen LogP contribution in [0, 0.1) is 22.7 Å². The minimum absolute atomic E-state index is 0.0190. The number of pyridine rings is 1. The fourth-order valence-corrected chi connectivity index (χ4v) is 1.81. The lowest BCUT2D eigenvalue weighted by molar-refractivity contribution is 0.472. The van der Waals surface area contributed by atoms with Crippen molar-refractivity contribution in [3.8, 4) is 12.1 Å². The minimum atomic E-state index is -0.0190. The molecule has 0 unspecified atom stereocenters. The molecule has 0 atom stereocenters. The Kier molecular flexibility index (Phi) is 3.64. The summed E-state index contributed by atoms with van der Waals surface area (Å²) in [4.78, 5) is 3.92. The summed E-state index contributed by atoms with van der Waals surface area (Å²) in [5, 5.41) is 17.7. The first-order valence-corrected chi connectivity index (χ1v) is 5.36. The highest BCUT2D eigenvalue weighted by molar-refractivity contribution is 5.37. The molecule has 0 bridgehead atoms. The average Bonchev–Trinajstić information content (AvgIpc) is 2.28. The van der Waals surface area contributed by atoms with Gasteiger partial charge in [0.05, 0.1) is 0 Å². The van der Waals surface area contributed by atoms with Crippen molar-refractivity contribution in [2.45, 2.75) is 39.0 Å². The molecule has 0 aliphatic carbocycles. The van der Waals surface area contributed by atoms with Crippen LogP contribution in [0.1, 0.15) is 50.6 Å². The van der Waals surface area contributed by atoms with Gasteiger partial charge in [0.15, 0.2) is 0 Å². The van der Waals surface area contributed by atoms with Gasteiger partial charge in [0, 0.05) is 0 Å². The zero-order chi connectivity index (χ0) is 12.2. The third-order valence-corrected chi connectivity index (χ3v) is 2.71. The molecule has 0 aliphatic rings. The van der Waals surface area contributed by atoms with Crippen LogP contribution in [-0.2, 0) is 5.41 Å². The van der Waals surface area contributed by atoms with Crippen LogP contribution in [0.5, 0.6) is 0 Å². The van der Waals surface area contributed by atoms with Crippen LogP contribution >= 0.6 is 0 Å². The Morgan fingerprint density at radius 1 is 1.19 bits per heavy atom. The third-order valence-electron chi connectivity index (χ3n) is 2.71. The van der Waals surface area contributed by atoms with Crippen molar-refractivity contribution >= 4 is 0 Å². The summed E-state index contributed by atoms with van der Waals surface area (Å²) in [5.74, 6) is 0. The molecule has 0 radical (unpaired) electrons. The van der Waals surface area contributed by atoms with Crippen LogP contribution in [0.3, 0.4) is 0 Å². The van der Waals surface area contributed by atoms with Crippen molar-refractivity contribution in [1.82, 2.24) is 4.98 Å². The second kappa shape index (κ2) is 4.77. The Morgan fingerprint density at radius 2 is 1.69 bits per heavy atom. The fraction of sp³-hybridized carbons (Fsp3) is 0.462. The van der Waals surface area contributed by atoms with Gasteiger partial charge in [0.2, 0.25) is 0 Å². The zero-order valence-corrected chi connectivity index (χ0v) is 9.91. The van der Waals surface area contributed by atoms with Gasteiger partial charge in [-0.1, -0.05) is 27.2 Å². The first kappa shape index (κ1) is 12.2. The topological polar surface area (TPSA) is 60.5 Å². The molecule has 0 aromatic carbocycles. The fourth-order valence-electron chi connectivity index (χ4n) is 1.81. The number of hydrogen-bond acceptors (Lipinski definition) is 3. The second-order valence-corrected chi connectivity index (χ2v) is 4.48. The molecule has 16 heavy (non-hydrogen) atoms. The maximum Gasteiger partial charge on any atom is 0.142 e. The molecule has 0 amide bonds. The molecule has 0 saturated carbocycles. The maximum absolute atomic E-state index is 8.86. The molecule has 82 valence electrons. The van der Waals surface area contributed by atoms with Crippen LogP contribution in [0.4, 0.5) is 0 Å². The molecule has 1 aromatic rings. The Bertz CT molecular complexity index is 429. The number of nitrogens with zero attached hydrogens (tertiary/aromatic N) is 3. The SMILES string of the molecule is CCCC(C)(C)c1cc(C#N)nc(C#N)c1. The molecule has 0 aliphatic heterocycles. The van der Waals surface area contributed by atoms with Crippen LogP contribution in [0.2, 0.25) is 0 Å². The van der Waals surface area contributed by atoms with Gasteiger partial charge in [-0.15, -0.1) is 0 Å². The van der Waals surface area contributed by atoms with Crippen molar-refractivity contribution in [2.75, 3.05) is 0 Å². The number of aromatic nitrogens is 1. The molecule has 0 N–H and O–H groups in total. The third kappa shape index (κ3) is 2.58. The van der Waals surface area contributed by atoms with E-state index >= 15 is 0 Å². The number of nitriles is 2. The Labute approximate surface area is 96.4 Å². The summed E-state index contributed by atoms with van der Waals surface area (Å²) in [6.07, 6.45) is 2.09. The van der Waals surface area contributed by atoms with E-state index in [9.17, 15) is 0 Å². The first-order valence-electron chi connectivity index (χ1n) is 5.36. The molecule has 0 spiro atoms. The van der Waals surface area contributed by atoms with Gasteiger partial charge in [0.1, 0.15) is 23.5 Å². The summed E-state index contributed by atoms with van der Waals surface area (Å²) in [6, 6.07) is 7.54. The lowest BCUT2D eigenvalue weighted by Gasteiger charge is -2.24. The van der Waals surface area contributed by atoms with Crippen LogP contribution in [0.15, 0.2) is 12.1 Å². The number of hydrogen-bond donors (Lipinski definition) is 0. The van der Waals surface area contributed by atoms with Gasteiger partial charge >= 0.3 is 0 Å². The predicted molar refractivity (Wildman–Crippen MR) is 61.6 cm³/mol. The summed E-state index contributed by atoms with van der Waals surface area (Å²) < 4.78 is 0. The van der Waals surface area contributed by atoms with Gasteiger partial charge in [-0.05, 0) is 29.5 Å². The Morgan fingerprint density at radius 3 is 2.06 bits per heavy atom. The van der Waals surface area contributed by atoms with E-state index in [1.807, 2.05) is 12.1 Å². The largest absolute Gasteiger partial charge is 0.226 e. The first-order chi connectivity index (χ1) is 7.53. The highest BCUT2D eigenvalue weighted by Gasteiger charge is 2.21. The van der Waals surface area contributed by atoms with Gasteiger partial charge in [0.25, 0.3) is 0 Å². The van der Waals surface area contributed by atoms with E-state index in [1.165, 1.54) is 0 Å². The molecule has 1 aromatic heterocycles. The van der Waals surface area contributed by atoms with Crippen LogP contribution < -0.4 is 0 Å². The molecule has 1 rings (SSSR count). The average molecular weight is 213 g/mol.